The molecule has 8 heteroatoms. The number of halogens is 1. The van der Waals surface area contributed by atoms with E-state index >= 15 is 0 Å². The van der Waals surface area contributed by atoms with Gasteiger partial charge in [-0.3, -0.25) is 9.89 Å². The van der Waals surface area contributed by atoms with Gasteiger partial charge in [0, 0.05) is 52.2 Å². The molecule has 1 unspecified atom stereocenters. The quantitative estimate of drug-likeness (QED) is 0.339. The molecule has 2 N–H and O–H groups in total. The molecule has 0 spiro atoms. The Morgan fingerprint density at radius 3 is 2.86 bits per heavy atom. The number of hydrogen-bond donors (Lipinski definition) is 2. The van der Waals surface area contributed by atoms with Crippen LogP contribution in [-0.4, -0.2) is 66.3 Å². The monoisotopic (exact) mass is 512 g/mol. The fourth-order valence-corrected chi connectivity index (χ4v) is 3.51. The highest BCUT2D eigenvalue weighted by molar-refractivity contribution is 14.0. The number of benzene rings is 1. The van der Waals surface area contributed by atoms with Crippen LogP contribution in [0.4, 0.5) is 0 Å². The van der Waals surface area contributed by atoms with E-state index in [4.69, 9.17) is 4.74 Å². The van der Waals surface area contributed by atoms with E-state index in [1.165, 1.54) is 5.56 Å². The summed E-state index contributed by atoms with van der Waals surface area (Å²) in [5, 5.41) is 6.81. The predicted molar refractivity (Wildman–Crippen MR) is 128 cm³/mol. The highest BCUT2D eigenvalue weighted by Crippen LogP contribution is 2.13. The molecular formula is C21H33IN6O. The Balaban J connectivity index is 0.00000300. The molecule has 1 fully saturated rings. The van der Waals surface area contributed by atoms with Crippen molar-refractivity contribution in [1.29, 1.82) is 0 Å². The minimum atomic E-state index is 0. The molecule has 2 aromatic rings. The van der Waals surface area contributed by atoms with Crippen LogP contribution < -0.4 is 10.6 Å². The van der Waals surface area contributed by atoms with E-state index in [1.54, 1.807) is 13.2 Å². The highest BCUT2D eigenvalue weighted by Gasteiger charge is 2.21. The van der Waals surface area contributed by atoms with Gasteiger partial charge >= 0.3 is 0 Å². The zero-order valence-electron chi connectivity index (χ0n) is 17.5. The lowest BCUT2D eigenvalue weighted by molar-refractivity contribution is -0.0284. The molecule has 0 aliphatic carbocycles. The van der Waals surface area contributed by atoms with Gasteiger partial charge in [0.2, 0.25) is 0 Å². The topological polar surface area (TPSA) is 66.7 Å². The number of imidazole rings is 1. The summed E-state index contributed by atoms with van der Waals surface area (Å²) in [6.45, 7) is 9.85. The highest BCUT2D eigenvalue weighted by atomic mass is 127. The summed E-state index contributed by atoms with van der Waals surface area (Å²) in [5.41, 5.74) is 2.29. The molecule has 1 aromatic heterocycles. The molecule has 0 bridgehead atoms. The van der Waals surface area contributed by atoms with Crippen LogP contribution in [0.1, 0.15) is 19.4 Å². The molecule has 1 aromatic carbocycles. The third-order valence-electron chi connectivity index (χ3n) is 4.79. The van der Waals surface area contributed by atoms with Crippen molar-refractivity contribution in [2.75, 3.05) is 39.8 Å². The second-order valence-electron chi connectivity index (χ2n) is 7.55. The first kappa shape index (κ1) is 23.6. The van der Waals surface area contributed by atoms with Gasteiger partial charge in [-0.05, 0) is 17.5 Å². The van der Waals surface area contributed by atoms with Crippen LogP contribution in [0, 0.1) is 5.92 Å². The predicted octanol–water partition coefficient (Wildman–Crippen LogP) is 2.51. The SMILES string of the molecule is CN=C(NCc1ccccc1-n1ccnc1)NCC1CN(CC(C)C)CCO1.I. The zero-order chi connectivity index (χ0) is 19.8. The van der Waals surface area contributed by atoms with Gasteiger partial charge in [0.05, 0.1) is 24.7 Å². The average Bonchev–Trinajstić information content (AvgIpc) is 3.23. The Kier molecular flexibility index (Phi) is 9.89. The van der Waals surface area contributed by atoms with E-state index in [-0.39, 0.29) is 30.1 Å². The summed E-state index contributed by atoms with van der Waals surface area (Å²) in [6.07, 6.45) is 5.74. The Labute approximate surface area is 191 Å². The minimum absolute atomic E-state index is 0. The number of morpholine rings is 1. The van der Waals surface area contributed by atoms with Crippen molar-refractivity contribution >= 4 is 29.9 Å². The molecule has 0 radical (unpaired) electrons. The summed E-state index contributed by atoms with van der Waals surface area (Å²) in [6, 6.07) is 8.29. The van der Waals surface area contributed by atoms with Crippen LogP contribution in [0.3, 0.4) is 0 Å². The summed E-state index contributed by atoms with van der Waals surface area (Å²) < 4.78 is 7.94. The molecule has 1 aliphatic rings. The van der Waals surface area contributed by atoms with Crippen LogP contribution in [0.2, 0.25) is 0 Å². The van der Waals surface area contributed by atoms with Crippen molar-refractivity contribution in [1.82, 2.24) is 25.1 Å². The third-order valence-corrected chi connectivity index (χ3v) is 4.79. The van der Waals surface area contributed by atoms with E-state index in [0.29, 0.717) is 12.5 Å². The van der Waals surface area contributed by atoms with E-state index in [0.717, 1.165) is 44.4 Å². The molecular weight excluding hydrogens is 479 g/mol. The van der Waals surface area contributed by atoms with Gasteiger partial charge in [-0.25, -0.2) is 4.98 Å². The maximum Gasteiger partial charge on any atom is 0.191 e. The number of aliphatic imine (C=N–C) groups is 1. The normalized spacial score (nSPS) is 17.8. The number of para-hydroxylation sites is 1. The van der Waals surface area contributed by atoms with Gasteiger partial charge in [-0.2, -0.15) is 0 Å². The molecule has 1 aliphatic heterocycles. The van der Waals surface area contributed by atoms with Crippen LogP contribution in [-0.2, 0) is 11.3 Å². The van der Waals surface area contributed by atoms with Crippen LogP contribution >= 0.6 is 24.0 Å². The third kappa shape index (κ3) is 7.27. The summed E-state index contributed by atoms with van der Waals surface area (Å²) in [5.74, 6) is 1.46. The lowest BCUT2D eigenvalue weighted by atomic mass is 10.1. The molecule has 1 saturated heterocycles. The second kappa shape index (κ2) is 12.1. The van der Waals surface area contributed by atoms with Crippen molar-refractivity contribution in [2.24, 2.45) is 10.9 Å². The van der Waals surface area contributed by atoms with Gasteiger partial charge in [-0.15, -0.1) is 24.0 Å². The first-order valence-corrected chi connectivity index (χ1v) is 10.0. The molecule has 160 valence electrons. The lowest BCUT2D eigenvalue weighted by Gasteiger charge is -2.34. The number of ether oxygens (including phenoxy) is 1. The van der Waals surface area contributed by atoms with Crippen molar-refractivity contribution in [3.8, 4) is 5.69 Å². The smallest absolute Gasteiger partial charge is 0.191 e. The summed E-state index contributed by atoms with van der Waals surface area (Å²) in [4.78, 5) is 11.0. The number of guanidine groups is 1. The summed E-state index contributed by atoms with van der Waals surface area (Å²) >= 11 is 0. The number of nitrogens with one attached hydrogen (secondary N) is 2. The molecule has 0 saturated carbocycles. The van der Waals surface area contributed by atoms with Gasteiger partial charge in [0.25, 0.3) is 0 Å². The van der Waals surface area contributed by atoms with Crippen molar-refractivity contribution in [3.05, 3.63) is 48.5 Å². The molecule has 7 nitrogen and oxygen atoms in total. The largest absolute Gasteiger partial charge is 0.374 e. The van der Waals surface area contributed by atoms with E-state index in [9.17, 15) is 0 Å². The molecule has 29 heavy (non-hydrogen) atoms. The molecule has 1 atom stereocenters. The Morgan fingerprint density at radius 2 is 2.14 bits per heavy atom. The van der Waals surface area contributed by atoms with Crippen LogP contribution in [0.25, 0.3) is 5.69 Å². The van der Waals surface area contributed by atoms with Crippen molar-refractivity contribution in [2.45, 2.75) is 26.5 Å². The Bertz CT molecular complexity index is 749. The number of hydrogen-bond acceptors (Lipinski definition) is 4. The van der Waals surface area contributed by atoms with Crippen molar-refractivity contribution in [3.63, 3.8) is 0 Å². The van der Waals surface area contributed by atoms with Gasteiger partial charge in [-0.1, -0.05) is 32.0 Å². The fraction of sp³-hybridized carbons (Fsp3) is 0.524. The minimum Gasteiger partial charge on any atom is -0.374 e. The lowest BCUT2D eigenvalue weighted by Crippen LogP contribution is -2.50. The maximum atomic E-state index is 5.92. The molecule has 2 heterocycles. The maximum absolute atomic E-state index is 5.92. The van der Waals surface area contributed by atoms with Crippen LogP contribution in [0.15, 0.2) is 48.0 Å². The number of nitrogens with zero attached hydrogens (tertiary/aromatic N) is 4. The van der Waals surface area contributed by atoms with E-state index in [2.05, 4.69) is 51.5 Å². The second-order valence-corrected chi connectivity index (χ2v) is 7.55. The van der Waals surface area contributed by atoms with Gasteiger partial charge in [0.15, 0.2) is 5.96 Å². The van der Waals surface area contributed by atoms with Gasteiger partial charge < -0.3 is 19.9 Å². The van der Waals surface area contributed by atoms with Crippen molar-refractivity contribution < 1.29 is 4.74 Å². The fourth-order valence-electron chi connectivity index (χ4n) is 3.51. The average molecular weight is 512 g/mol. The first-order valence-electron chi connectivity index (χ1n) is 10.0. The van der Waals surface area contributed by atoms with E-state index in [1.807, 2.05) is 29.2 Å². The zero-order valence-corrected chi connectivity index (χ0v) is 19.9. The Hall–Kier alpha value is -1.65. The first-order chi connectivity index (χ1) is 13.7. The van der Waals surface area contributed by atoms with Gasteiger partial charge in [0.1, 0.15) is 0 Å². The summed E-state index contributed by atoms with van der Waals surface area (Å²) in [7, 11) is 1.80. The van der Waals surface area contributed by atoms with Crippen LogP contribution in [0.5, 0.6) is 0 Å². The standard InChI is InChI=1S/C21H32N6O.HI/c1-17(2)14-26-10-11-28-19(15-26)13-25-21(22-3)24-12-18-6-4-5-7-20(18)27-9-8-23-16-27;/h4-9,16-17,19H,10-15H2,1-3H3,(H2,22,24,25);1H. The Morgan fingerprint density at radius 1 is 1.31 bits per heavy atom. The number of aromatic nitrogens is 2. The molecule has 0 amide bonds. The number of rotatable bonds is 7. The molecule has 3 rings (SSSR count). The van der Waals surface area contributed by atoms with E-state index < -0.39 is 0 Å².